The highest BCUT2D eigenvalue weighted by Crippen LogP contribution is 2.31. The normalized spacial score (nSPS) is 22.7. The van der Waals surface area contributed by atoms with Crippen LogP contribution in [0.5, 0.6) is 0 Å². The van der Waals surface area contributed by atoms with Crippen LogP contribution >= 0.6 is 0 Å². The van der Waals surface area contributed by atoms with Gasteiger partial charge in [-0.25, -0.2) is 8.78 Å². The van der Waals surface area contributed by atoms with Crippen LogP contribution in [0.15, 0.2) is 34.9 Å². The number of nitrogens with one attached hydrogen (secondary N) is 1. The van der Waals surface area contributed by atoms with Crippen molar-refractivity contribution in [2.75, 3.05) is 44.2 Å². The Morgan fingerprint density at radius 1 is 0.952 bits per heavy atom. The fourth-order valence-corrected chi connectivity index (χ4v) is 6.87. The number of fused-ring (bicyclic) bond motifs is 2. The van der Waals surface area contributed by atoms with E-state index in [0.29, 0.717) is 29.3 Å². The van der Waals surface area contributed by atoms with Gasteiger partial charge in [0.1, 0.15) is 17.7 Å². The second-order valence-corrected chi connectivity index (χ2v) is 11.7. The molecule has 3 saturated heterocycles. The SMILES string of the molecule is O=C1CCC(N2Cc3cc(CN4CCC(N5CCN(c6noc7cc(F)ccc67)CC5)CC4)c(F)cc3C2=O)C(=O)N1. The number of imide groups is 1. The van der Waals surface area contributed by atoms with Crippen molar-refractivity contribution in [2.24, 2.45) is 0 Å². The number of anilines is 1. The molecule has 220 valence electrons. The van der Waals surface area contributed by atoms with E-state index < -0.39 is 17.8 Å². The first-order valence-corrected chi connectivity index (χ1v) is 14.6. The molecule has 3 aromatic rings. The van der Waals surface area contributed by atoms with Crippen molar-refractivity contribution < 1.29 is 27.7 Å². The van der Waals surface area contributed by atoms with E-state index in [0.717, 1.165) is 68.9 Å². The quantitative estimate of drug-likeness (QED) is 0.462. The van der Waals surface area contributed by atoms with E-state index in [2.05, 4.69) is 25.2 Å². The number of halogens is 2. The Balaban J connectivity index is 0.932. The number of hydrogen-bond acceptors (Lipinski definition) is 8. The topological polar surface area (TPSA) is 102 Å². The maximum absolute atomic E-state index is 15.1. The van der Waals surface area contributed by atoms with Crippen molar-refractivity contribution in [1.82, 2.24) is 25.2 Å². The smallest absolute Gasteiger partial charge is 0.255 e. The fourth-order valence-electron chi connectivity index (χ4n) is 6.87. The van der Waals surface area contributed by atoms with Crippen molar-refractivity contribution >= 4 is 34.5 Å². The van der Waals surface area contributed by atoms with Gasteiger partial charge in [0.25, 0.3) is 5.91 Å². The van der Waals surface area contributed by atoms with E-state index in [9.17, 15) is 18.8 Å². The lowest BCUT2D eigenvalue weighted by atomic mass is 10.0. The van der Waals surface area contributed by atoms with E-state index >= 15 is 4.39 Å². The molecular formula is C30H32F2N6O4. The number of aromatic nitrogens is 1. The fraction of sp³-hybridized carbons (Fsp3) is 0.467. The second-order valence-electron chi connectivity index (χ2n) is 11.7. The average molecular weight is 579 g/mol. The van der Waals surface area contributed by atoms with Gasteiger partial charge >= 0.3 is 0 Å². The summed E-state index contributed by atoms with van der Waals surface area (Å²) in [6.45, 7) is 5.83. The minimum absolute atomic E-state index is 0.183. The molecule has 1 unspecified atom stereocenters. The summed E-state index contributed by atoms with van der Waals surface area (Å²) in [5.41, 5.74) is 2.03. The highest BCUT2D eigenvalue weighted by molar-refractivity contribution is 6.05. The van der Waals surface area contributed by atoms with E-state index in [1.165, 1.54) is 23.1 Å². The van der Waals surface area contributed by atoms with Crippen LogP contribution in [0.2, 0.25) is 0 Å². The van der Waals surface area contributed by atoms with Gasteiger partial charge in [-0.05, 0) is 62.2 Å². The molecule has 0 aliphatic carbocycles. The lowest BCUT2D eigenvalue weighted by Gasteiger charge is -2.42. The van der Waals surface area contributed by atoms with Crippen LogP contribution in [0.25, 0.3) is 11.0 Å². The summed E-state index contributed by atoms with van der Waals surface area (Å²) in [6, 6.07) is 7.32. The first-order valence-electron chi connectivity index (χ1n) is 14.6. The molecule has 0 saturated carbocycles. The number of rotatable bonds is 5. The molecule has 0 spiro atoms. The standard InChI is InChI=1S/C30H32F2N6O4/c31-20-1-2-22-26(14-20)42-34-28(22)37-11-9-36(10-12-37)21-5-7-35(8-6-21)16-19-13-18-17-38(30(41)23(18)15-24(19)32)25-3-4-27(39)33-29(25)40/h1-2,13-15,21,25H,3-12,16-17H2,(H,33,39,40). The molecule has 0 bridgehead atoms. The highest BCUT2D eigenvalue weighted by atomic mass is 19.1. The van der Waals surface area contributed by atoms with Gasteiger partial charge in [0.2, 0.25) is 11.8 Å². The Kier molecular flexibility index (Phi) is 6.89. The first-order chi connectivity index (χ1) is 20.3. The van der Waals surface area contributed by atoms with Crippen LogP contribution in [0.4, 0.5) is 14.6 Å². The zero-order chi connectivity index (χ0) is 29.0. The first kappa shape index (κ1) is 27.0. The predicted octanol–water partition coefficient (Wildman–Crippen LogP) is 2.65. The molecule has 5 heterocycles. The molecule has 3 fully saturated rings. The number of piperidine rings is 2. The van der Waals surface area contributed by atoms with Gasteiger partial charge < -0.3 is 14.3 Å². The van der Waals surface area contributed by atoms with Gasteiger partial charge in [-0.1, -0.05) is 5.16 Å². The Bertz CT molecular complexity index is 1560. The zero-order valence-electron chi connectivity index (χ0n) is 23.2. The van der Waals surface area contributed by atoms with Gasteiger partial charge in [-0.3, -0.25) is 29.5 Å². The lowest BCUT2D eigenvalue weighted by Crippen LogP contribution is -2.53. The summed E-state index contributed by atoms with van der Waals surface area (Å²) in [5.74, 6) is -1.16. The number of carbonyl (C=O) groups is 3. The van der Waals surface area contributed by atoms with Crippen LogP contribution in [0.1, 0.15) is 47.2 Å². The molecule has 7 rings (SSSR count). The van der Waals surface area contributed by atoms with E-state index in [1.54, 1.807) is 12.1 Å². The number of nitrogens with zero attached hydrogens (tertiary/aromatic N) is 5. The Morgan fingerprint density at radius 2 is 1.74 bits per heavy atom. The monoisotopic (exact) mass is 578 g/mol. The van der Waals surface area contributed by atoms with Crippen molar-refractivity contribution in [1.29, 1.82) is 0 Å². The second kappa shape index (κ2) is 10.7. The molecule has 2 aromatic carbocycles. The number of carbonyl (C=O) groups excluding carboxylic acids is 3. The lowest BCUT2D eigenvalue weighted by molar-refractivity contribution is -0.136. The molecule has 42 heavy (non-hydrogen) atoms. The molecule has 4 aliphatic heterocycles. The van der Waals surface area contributed by atoms with Crippen LogP contribution in [0, 0.1) is 11.6 Å². The molecule has 12 heteroatoms. The summed E-state index contributed by atoms with van der Waals surface area (Å²) < 4.78 is 34.0. The molecule has 1 N–H and O–H groups in total. The minimum Gasteiger partial charge on any atom is -0.354 e. The molecule has 3 amide bonds. The third kappa shape index (κ3) is 4.92. The molecule has 1 aromatic heterocycles. The van der Waals surface area contributed by atoms with E-state index in [1.807, 2.05) is 0 Å². The van der Waals surface area contributed by atoms with E-state index in [4.69, 9.17) is 4.52 Å². The molecule has 10 nitrogen and oxygen atoms in total. The van der Waals surface area contributed by atoms with Crippen LogP contribution in [0.3, 0.4) is 0 Å². The van der Waals surface area contributed by atoms with Gasteiger partial charge in [0.15, 0.2) is 11.4 Å². The van der Waals surface area contributed by atoms with Crippen LogP contribution in [-0.2, 0) is 22.7 Å². The third-order valence-electron chi connectivity index (χ3n) is 9.19. The number of hydrogen-bond donors (Lipinski definition) is 1. The zero-order valence-corrected chi connectivity index (χ0v) is 23.2. The number of amides is 3. The third-order valence-corrected chi connectivity index (χ3v) is 9.19. The maximum atomic E-state index is 15.1. The Labute approximate surface area is 241 Å². The van der Waals surface area contributed by atoms with Gasteiger partial charge in [-0.2, -0.15) is 0 Å². The minimum atomic E-state index is -0.713. The number of likely N-dealkylation sites (tertiary alicyclic amines) is 1. The summed E-state index contributed by atoms with van der Waals surface area (Å²) in [6.07, 6.45) is 2.44. The van der Waals surface area contributed by atoms with Gasteiger partial charge in [-0.15, -0.1) is 0 Å². The number of benzene rings is 2. The van der Waals surface area contributed by atoms with Gasteiger partial charge in [0, 0.05) is 68.9 Å². The largest absolute Gasteiger partial charge is 0.354 e. The maximum Gasteiger partial charge on any atom is 0.255 e. The van der Waals surface area contributed by atoms with Crippen molar-refractivity contribution in [3.05, 3.63) is 58.7 Å². The van der Waals surface area contributed by atoms with Crippen LogP contribution in [-0.4, -0.2) is 88.9 Å². The molecule has 4 aliphatic rings. The van der Waals surface area contributed by atoms with Crippen molar-refractivity contribution in [3.8, 4) is 0 Å². The number of piperazine rings is 1. The van der Waals surface area contributed by atoms with Crippen molar-refractivity contribution in [2.45, 2.75) is 50.9 Å². The summed E-state index contributed by atoms with van der Waals surface area (Å²) in [5, 5.41) is 7.31. The molecular weight excluding hydrogens is 546 g/mol. The van der Waals surface area contributed by atoms with Crippen LogP contribution < -0.4 is 10.2 Å². The predicted molar refractivity (Wildman–Crippen MR) is 148 cm³/mol. The summed E-state index contributed by atoms with van der Waals surface area (Å²) in [4.78, 5) is 45.2. The highest BCUT2D eigenvalue weighted by Gasteiger charge is 2.39. The average Bonchev–Trinajstić information content (AvgIpc) is 3.54. The Morgan fingerprint density at radius 3 is 2.50 bits per heavy atom. The summed E-state index contributed by atoms with van der Waals surface area (Å²) >= 11 is 0. The summed E-state index contributed by atoms with van der Waals surface area (Å²) in [7, 11) is 0. The Hall–Kier alpha value is -3.90. The molecule has 0 radical (unpaired) electrons. The van der Waals surface area contributed by atoms with E-state index in [-0.39, 0.29) is 37.0 Å². The molecule has 1 atom stereocenters. The van der Waals surface area contributed by atoms with Crippen molar-refractivity contribution in [3.63, 3.8) is 0 Å². The van der Waals surface area contributed by atoms with Gasteiger partial charge in [0.05, 0.1) is 5.39 Å².